The van der Waals surface area contributed by atoms with Crippen molar-refractivity contribution < 1.29 is 35.9 Å². The summed E-state index contributed by atoms with van der Waals surface area (Å²) in [4.78, 5) is 48.4. The van der Waals surface area contributed by atoms with Gasteiger partial charge in [0, 0.05) is 44.2 Å². The number of aromatic amines is 1. The Morgan fingerprint density at radius 2 is 1.38 bits per heavy atom. The number of nitrogen functional groups attached to an aromatic ring is 1. The molecule has 0 unspecified atom stereocenters. The van der Waals surface area contributed by atoms with Crippen molar-refractivity contribution in [2.24, 2.45) is 0 Å². The van der Waals surface area contributed by atoms with Gasteiger partial charge in [-0.05, 0) is 69.3 Å². The van der Waals surface area contributed by atoms with E-state index in [1.54, 1.807) is 0 Å². The molecule has 0 radical (unpaired) electrons. The zero-order valence-electron chi connectivity index (χ0n) is 28.5. The van der Waals surface area contributed by atoms with Crippen molar-refractivity contribution in [3.63, 3.8) is 0 Å². The first kappa shape index (κ1) is 37.2. The summed E-state index contributed by atoms with van der Waals surface area (Å²) in [6.45, 7) is 2.94. The van der Waals surface area contributed by atoms with E-state index in [2.05, 4.69) is 20.3 Å². The van der Waals surface area contributed by atoms with Crippen LogP contribution in [0.1, 0.15) is 67.7 Å². The van der Waals surface area contributed by atoms with Crippen LogP contribution in [0.3, 0.4) is 0 Å². The van der Waals surface area contributed by atoms with Gasteiger partial charge in [0.2, 0.25) is 5.91 Å². The number of urea groups is 1. The van der Waals surface area contributed by atoms with Crippen LogP contribution in [-0.4, -0.2) is 92.8 Å². The number of alkyl halides is 6. The molecule has 3 aliphatic heterocycles. The lowest BCUT2D eigenvalue weighted by Crippen LogP contribution is -2.56. The minimum Gasteiger partial charge on any atom is -0.398 e. The van der Waals surface area contributed by atoms with Crippen molar-refractivity contribution in [1.82, 2.24) is 34.8 Å². The molecule has 0 spiro atoms. The van der Waals surface area contributed by atoms with E-state index in [1.165, 1.54) is 20.9 Å². The highest BCUT2D eigenvalue weighted by molar-refractivity contribution is 5.87. The number of halogens is 6. The van der Waals surface area contributed by atoms with Crippen LogP contribution in [0.15, 0.2) is 47.3 Å². The molecule has 3 amide bonds. The van der Waals surface area contributed by atoms with Crippen molar-refractivity contribution >= 4 is 17.6 Å². The quantitative estimate of drug-likeness (QED) is 0.223. The van der Waals surface area contributed by atoms with E-state index in [0.717, 1.165) is 31.5 Å². The van der Waals surface area contributed by atoms with E-state index in [4.69, 9.17) is 5.73 Å². The smallest absolute Gasteiger partial charge is 0.398 e. The molecule has 3 fully saturated rings. The van der Waals surface area contributed by atoms with Crippen LogP contribution in [0.4, 0.5) is 36.8 Å². The summed E-state index contributed by atoms with van der Waals surface area (Å²) in [5.74, 6) is -0.187. The van der Waals surface area contributed by atoms with Gasteiger partial charge in [0.15, 0.2) is 5.82 Å². The fourth-order valence-corrected chi connectivity index (χ4v) is 7.55. The molecule has 1 atom stereocenters. The fourth-order valence-electron chi connectivity index (χ4n) is 7.55. The van der Waals surface area contributed by atoms with Crippen LogP contribution >= 0.6 is 0 Å². The summed E-state index contributed by atoms with van der Waals surface area (Å²) < 4.78 is 84.5. The zero-order valence-corrected chi connectivity index (χ0v) is 28.5. The third kappa shape index (κ3) is 8.40. The number of rotatable bonds is 7. The Balaban J connectivity index is 1.19. The maximum Gasteiger partial charge on any atom is 0.418 e. The van der Waals surface area contributed by atoms with Crippen LogP contribution in [-0.2, 0) is 23.6 Å². The highest BCUT2D eigenvalue weighted by atomic mass is 19.4. The number of likely N-dealkylation sites (tertiary alicyclic amines) is 3. The number of carbonyl (C=O) groups excluding carboxylic acids is 2. The monoisotopic (exact) mass is 736 g/mol. The van der Waals surface area contributed by atoms with Crippen molar-refractivity contribution in [3.05, 3.63) is 69.6 Å². The predicted octanol–water partition coefficient (Wildman–Crippen LogP) is 5.29. The van der Waals surface area contributed by atoms with E-state index in [1.807, 2.05) is 30.3 Å². The largest absolute Gasteiger partial charge is 0.418 e. The van der Waals surface area contributed by atoms with Gasteiger partial charge >= 0.3 is 24.1 Å². The van der Waals surface area contributed by atoms with Crippen LogP contribution < -0.4 is 16.7 Å². The number of hydrogen-bond acceptors (Lipinski definition) is 6. The maximum absolute atomic E-state index is 14.0. The van der Waals surface area contributed by atoms with Crippen molar-refractivity contribution in [2.45, 2.75) is 81.8 Å². The van der Waals surface area contributed by atoms with Crippen LogP contribution in [0.25, 0.3) is 11.4 Å². The summed E-state index contributed by atoms with van der Waals surface area (Å²) >= 11 is 0. The van der Waals surface area contributed by atoms with Gasteiger partial charge in [-0.15, -0.1) is 5.10 Å². The van der Waals surface area contributed by atoms with E-state index >= 15 is 0 Å². The van der Waals surface area contributed by atoms with Gasteiger partial charge in [-0.1, -0.05) is 36.8 Å². The van der Waals surface area contributed by atoms with Gasteiger partial charge in [-0.25, -0.2) is 14.3 Å². The lowest BCUT2D eigenvalue weighted by atomic mass is 9.95. The number of nitrogens with zero attached hydrogens (tertiary/aromatic N) is 5. The Hall–Kier alpha value is -4.54. The van der Waals surface area contributed by atoms with Gasteiger partial charge in [0.1, 0.15) is 6.04 Å². The predicted molar refractivity (Wildman–Crippen MR) is 180 cm³/mol. The third-order valence-electron chi connectivity index (χ3n) is 10.4. The molecule has 6 rings (SSSR count). The Labute approximate surface area is 296 Å². The van der Waals surface area contributed by atoms with E-state index in [-0.39, 0.29) is 25.2 Å². The molecular weight excluding hydrogens is 694 g/mol. The molecule has 11 nitrogen and oxygen atoms in total. The second-order valence-electron chi connectivity index (χ2n) is 13.8. The molecule has 0 aliphatic carbocycles. The summed E-state index contributed by atoms with van der Waals surface area (Å²) in [6, 6.07) is 7.90. The average molecular weight is 737 g/mol. The topological polar surface area (TPSA) is 133 Å². The number of nitrogens with one attached hydrogen (secondary N) is 2. The molecule has 3 saturated heterocycles. The Bertz CT molecular complexity index is 1740. The number of aromatic nitrogens is 3. The first-order chi connectivity index (χ1) is 24.7. The SMILES string of the molecule is Nc1c(C(F)(F)F)cc(C[C@@H](NC(=O)N2CCC(n3nc(-c4ccccc4)[nH]c3=O)CC2)C(=O)N2CCC(N3CCCCC3)CC2)cc1C(F)(F)F. The fraction of sp³-hybridized carbons (Fsp3) is 0.543. The van der Waals surface area contributed by atoms with E-state index in [0.29, 0.717) is 56.7 Å². The third-order valence-corrected chi connectivity index (χ3v) is 10.4. The zero-order chi connectivity index (χ0) is 37.2. The molecule has 17 heteroatoms. The number of nitrogens with two attached hydrogens (primary N) is 1. The number of hydrogen-bond donors (Lipinski definition) is 3. The minimum atomic E-state index is -5.19. The standard InChI is InChI=1S/C35H42F6N8O3/c36-34(37,38)26-19-22(20-27(29(26)42)35(39,40)41)21-28(31(50)47-15-9-24(10-16-47)46-13-5-2-6-14-46)43-32(51)48-17-11-25(12-18-48)49-33(52)44-30(45-49)23-7-3-1-4-8-23/h1,3-4,7-8,19-20,24-25,28H,2,5-6,9-18,21,42H2,(H,43,51)(H,44,45,52)/t28-/m1/s1. The van der Waals surface area contributed by atoms with Gasteiger partial charge in [0.25, 0.3) is 0 Å². The molecule has 4 heterocycles. The summed E-state index contributed by atoms with van der Waals surface area (Å²) in [5, 5.41) is 7.07. The Kier molecular flexibility index (Phi) is 10.9. The lowest BCUT2D eigenvalue weighted by molar-refractivity contribution is -0.141. The van der Waals surface area contributed by atoms with Crippen molar-refractivity contribution in [3.8, 4) is 11.4 Å². The van der Waals surface area contributed by atoms with Crippen molar-refractivity contribution in [2.75, 3.05) is 45.0 Å². The van der Waals surface area contributed by atoms with Gasteiger partial charge in [-0.2, -0.15) is 26.3 Å². The van der Waals surface area contributed by atoms with E-state index in [9.17, 15) is 40.7 Å². The molecule has 4 N–H and O–H groups in total. The van der Waals surface area contributed by atoms with E-state index < -0.39 is 64.8 Å². The number of benzene rings is 2. The first-order valence-electron chi connectivity index (χ1n) is 17.6. The molecule has 1 aromatic heterocycles. The molecule has 0 bridgehead atoms. The molecule has 282 valence electrons. The first-order valence-corrected chi connectivity index (χ1v) is 17.6. The van der Waals surface area contributed by atoms with Crippen LogP contribution in [0, 0.1) is 0 Å². The normalized spacial score (nSPS) is 19.1. The molecule has 0 saturated carbocycles. The maximum atomic E-state index is 14.0. The number of amides is 3. The lowest BCUT2D eigenvalue weighted by Gasteiger charge is -2.41. The minimum absolute atomic E-state index is 0.164. The number of anilines is 1. The van der Waals surface area contributed by atoms with Crippen LogP contribution in [0.2, 0.25) is 0 Å². The molecular formula is C35H42F6N8O3. The average Bonchev–Trinajstić information content (AvgIpc) is 3.53. The highest BCUT2D eigenvalue weighted by Gasteiger charge is 2.42. The van der Waals surface area contributed by atoms with Gasteiger partial charge < -0.3 is 25.8 Å². The van der Waals surface area contributed by atoms with Crippen LogP contribution in [0.5, 0.6) is 0 Å². The molecule has 3 aliphatic rings. The van der Waals surface area contributed by atoms with Crippen molar-refractivity contribution in [1.29, 1.82) is 0 Å². The highest BCUT2D eigenvalue weighted by Crippen LogP contribution is 2.42. The Morgan fingerprint density at radius 3 is 1.96 bits per heavy atom. The summed E-state index contributed by atoms with van der Waals surface area (Å²) in [5.41, 5.74) is 0.454. The molecule has 3 aromatic rings. The second kappa shape index (κ2) is 15.2. The summed E-state index contributed by atoms with van der Waals surface area (Å²) in [7, 11) is 0. The summed E-state index contributed by atoms with van der Waals surface area (Å²) in [6.07, 6.45) is -5.63. The van der Waals surface area contributed by atoms with Gasteiger partial charge in [-0.3, -0.25) is 9.78 Å². The van der Waals surface area contributed by atoms with Gasteiger partial charge in [0.05, 0.1) is 22.9 Å². The number of piperidine rings is 3. The number of carbonyl (C=O) groups is 2. The molecule has 2 aromatic carbocycles. The molecule has 52 heavy (non-hydrogen) atoms. The number of H-pyrrole nitrogens is 1. The second-order valence-corrected chi connectivity index (χ2v) is 13.8. The Morgan fingerprint density at radius 1 is 0.827 bits per heavy atom.